The number of hydrogen-bond donors (Lipinski definition) is 0. The third-order valence-corrected chi connectivity index (χ3v) is 11.8. The monoisotopic (exact) mass is 727 g/mol. The van der Waals surface area contributed by atoms with Gasteiger partial charge in [-0.3, -0.25) is 0 Å². The summed E-state index contributed by atoms with van der Waals surface area (Å²) in [5, 5.41) is 2.19. The highest BCUT2D eigenvalue weighted by atomic mass is 16.3. The van der Waals surface area contributed by atoms with Crippen LogP contribution in [0.3, 0.4) is 0 Å². The van der Waals surface area contributed by atoms with E-state index in [2.05, 4.69) is 229 Å². The van der Waals surface area contributed by atoms with Crippen LogP contribution in [0.5, 0.6) is 0 Å². The molecule has 0 saturated carbocycles. The van der Waals surface area contributed by atoms with Crippen molar-refractivity contribution in [1.82, 2.24) is 0 Å². The Morgan fingerprint density at radius 3 is 1.51 bits per heavy atom. The predicted octanol–water partition coefficient (Wildman–Crippen LogP) is 14.8. The molecule has 1 aromatic heterocycles. The zero-order chi connectivity index (χ0) is 37.8. The maximum Gasteiger partial charge on any atom is 0.159 e. The van der Waals surface area contributed by atoms with Gasteiger partial charge in [-0.1, -0.05) is 200 Å². The number of hydrogen-bond acceptors (Lipinski definition) is 2. The van der Waals surface area contributed by atoms with Crippen LogP contribution >= 0.6 is 0 Å². The maximum atomic E-state index is 7.11. The highest BCUT2D eigenvalue weighted by molar-refractivity contribution is 6.14. The molecule has 0 fully saturated rings. The molecule has 2 heteroatoms. The van der Waals surface area contributed by atoms with Gasteiger partial charge >= 0.3 is 0 Å². The second-order valence-corrected chi connectivity index (χ2v) is 14.8. The van der Waals surface area contributed by atoms with Crippen molar-refractivity contribution in [2.75, 3.05) is 4.90 Å². The van der Waals surface area contributed by atoms with E-state index in [0.717, 1.165) is 50.1 Å². The Balaban J connectivity index is 1.21. The van der Waals surface area contributed by atoms with Crippen molar-refractivity contribution in [3.05, 3.63) is 247 Å². The van der Waals surface area contributed by atoms with Gasteiger partial charge in [0.05, 0.1) is 16.8 Å². The fourth-order valence-corrected chi connectivity index (χ4v) is 9.33. The number of fused-ring (bicyclic) bond motifs is 6. The molecule has 11 rings (SSSR count). The average molecular weight is 728 g/mol. The zero-order valence-corrected chi connectivity index (χ0v) is 31.2. The van der Waals surface area contributed by atoms with Crippen LogP contribution in [0.1, 0.15) is 22.3 Å². The number of rotatable bonds is 7. The molecule has 0 N–H and O–H groups in total. The summed E-state index contributed by atoms with van der Waals surface area (Å²) < 4.78 is 7.11. The summed E-state index contributed by atoms with van der Waals surface area (Å²) >= 11 is 0. The molecule has 9 aromatic carbocycles. The van der Waals surface area contributed by atoms with E-state index >= 15 is 0 Å². The molecule has 0 radical (unpaired) electrons. The molecule has 0 atom stereocenters. The van der Waals surface area contributed by atoms with Crippen molar-refractivity contribution in [1.29, 1.82) is 0 Å². The Morgan fingerprint density at radius 1 is 0.333 bits per heavy atom. The van der Waals surface area contributed by atoms with Gasteiger partial charge in [-0.25, -0.2) is 0 Å². The Labute approximate surface area is 332 Å². The molecular weight excluding hydrogens is 691 g/mol. The number of anilines is 3. The number of para-hydroxylation sites is 2. The summed E-state index contributed by atoms with van der Waals surface area (Å²) in [6.07, 6.45) is 0. The molecular formula is C55H37NO. The van der Waals surface area contributed by atoms with Crippen LogP contribution in [-0.2, 0) is 5.41 Å². The van der Waals surface area contributed by atoms with Gasteiger partial charge in [0.1, 0.15) is 5.58 Å². The Kier molecular flexibility index (Phi) is 7.75. The number of furan rings is 1. The van der Waals surface area contributed by atoms with Crippen molar-refractivity contribution in [2.45, 2.75) is 5.41 Å². The van der Waals surface area contributed by atoms with E-state index in [1.54, 1.807) is 0 Å². The molecule has 1 aliphatic rings. The normalized spacial score (nSPS) is 12.7. The van der Waals surface area contributed by atoms with Gasteiger partial charge in [-0.2, -0.15) is 0 Å². The number of benzene rings is 9. The topological polar surface area (TPSA) is 16.4 Å². The van der Waals surface area contributed by atoms with Crippen LogP contribution in [0, 0.1) is 0 Å². The first kappa shape index (κ1) is 33.0. The summed E-state index contributed by atoms with van der Waals surface area (Å²) in [5.41, 5.74) is 16.4. The summed E-state index contributed by atoms with van der Waals surface area (Å²) in [4.78, 5) is 2.42. The standard InChI is InChI=1S/C55H37NO/c1-5-18-38(19-6-1)39-34-36-43(37-35-39)56(51-33-16-29-46-45-28-15-27-44(53(45)57-54(46)51)40-20-7-2-8-21-40)50-32-17-31-49-52(50)47-26-13-14-30-48(47)55(49,41-22-9-3-10-23-41)42-24-11-4-12-25-42/h1-37H. The van der Waals surface area contributed by atoms with E-state index in [9.17, 15) is 0 Å². The van der Waals surface area contributed by atoms with E-state index < -0.39 is 5.41 Å². The van der Waals surface area contributed by atoms with Gasteiger partial charge in [0.15, 0.2) is 5.58 Å². The van der Waals surface area contributed by atoms with Crippen LogP contribution in [0.25, 0.3) is 55.3 Å². The molecule has 0 amide bonds. The van der Waals surface area contributed by atoms with Crippen LogP contribution in [0.2, 0.25) is 0 Å². The van der Waals surface area contributed by atoms with E-state index in [-0.39, 0.29) is 0 Å². The van der Waals surface area contributed by atoms with Gasteiger partial charge < -0.3 is 9.32 Å². The Bertz CT molecular complexity index is 3000. The fourth-order valence-electron chi connectivity index (χ4n) is 9.33. The van der Waals surface area contributed by atoms with Gasteiger partial charge in [0, 0.05) is 27.6 Å². The van der Waals surface area contributed by atoms with Crippen molar-refractivity contribution < 1.29 is 4.42 Å². The van der Waals surface area contributed by atoms with Gasteiger partial charge in [0.25, 0.3) is 0 Å². The second kappa shape index (κ2) is 13.4. The first-order valence-corrected chi connectivity index (χ1v) is 19.6. The molecule has 10 aromatic rings. The number of nitrogens with zero attached hydrogens (tertiary/aromatic N) is 1. The summed E-state index contributed by atoms with van der Waals surface area (Å²) in [6.45, 7) is 0. The predicted molar refractivity (Wildman–Crippen MR) is 237 cm³/mol. The van der Waals surface area contributed by atoms with E-state index in [0.29, 0.717) is 0 Å². The summed E-state index contributed by atoms with van der Waals surface area (Å²) in [7, 11) is 0. The molecule has 2 nitrogen and oxygen atoms in total. The molecule has 1 heterocycles. The van der Waals surface area contributed by atoms with Crippen LogP contribution < -0.4 is 4.90 Å². The fraction of sp³-hybridized carbons (Fsp3) is 0.0182. The quantitative estimate of drug-likeness (QED) is 0.163. The van der Waals surface area contributed by atoms with Gasteiger partial charge in [0.2, 0.25) is 0 Å². The summed E-state index contributed by atoms with van der Waals surface area (Å²) in [5.74, 6) is 0. The lowest BCUT2D eigenvalue weighted by Gasteiger charge is -2.34. The lowest BCUT2D eigenvalue weighted by Crippen LogP contribution is -2.28. The molecule has 0 spiro atoms. The smallest absolute Gasteiger partial charge is 0.159 e. The third kappa shape index (κ3) is 5.11. The highest BCUT2D eigenvalue weighted by Gasteiger charge is 2.47. The minimum atomic E-state index is -0.525. The first-order valence-electron chi connectivity index (χ1n) is 19.6. The summed E-state index contributed by atoms with van der Waals surface area (Å²) in [6, 6.07) is 81.0. The first-order chi connectivity index (χ1) is 28.3. The van der Waals surface area contributed by atoms with Crippen molar-refractivity contribution in [3.63, 3.8) is 0 Å². The molecule has 0 unspecified atom stereocenters. The molecule has 1 aliphatic carbocycles. The minimum Gasteiger partial charge on any atom is -0.453 e. The molecule has 268 valence electrons. The molecule has 0 aliphatic heterocycles. The molecule has 0 saturated heterocycles. The van der Waals surface area contributed by atoms with Crippen molar-refractivity contribution in [2.24, 2.45) is 0 Å². The van der Waals surface area contributed by atoms with E-state index in [1.165, 1.54) is 44.5 Å². The third-order valence-electron chi connectivity index (χ3n) is 11.8. The van der Waals surface area contributed by atoms with Crippen molar-refractivity contribution in [3.8, 4) is 33.4 Å². The molecule has 0 bridgehead atoms. The van der Waals surface area contributed by atoms with Crippen LogP contribution in [0.15, 0.2) is 229 Å². The van der Waals surface area contributed by atoms with Gasteiger partial charge in [-0.15, -0.1) is 0 Å². The van der Waals surface area contributed by atoms with Gasteiger partial charge in [-0.05, 0) is 68.8 Å². The highest BCUT2D eigenvalue weighted by Crippen LogP contribution is 2.60. The van der Waals surface area contributed by atoms with Crippen molar-refractivity contribution >= 4 is 39.0 Å². The largest absolute Gasteiger partial charge is 0.453 e. The Morgan fingerprint density at radius 2 is 0.825 bits per heavy atom. The van der Waals surface area contributed by atoms with E-state index in [4.69, 9.17) is 4.42 Å². The van der Waals surface area contributed by atoms with Crippen LogP contribution in [-0.4, -0.2) is 0 Å². The minimum absolute atomic E-state index is 0.525. The lowest BCUT2D eigenvalue weighted by atomic mass is 9.68. The van der Waals surface area contributed by atoms with Crippen LogP contribution in [0.4, 0.5) is 17.1 Å². The second-order valence-electron chi connectivity index (χ2n) is 14.8. The Hall–Kier alpha value is -7.42. The maximum absolute atomic E-state index is 7.11. The van der Waals surface area contributed by atoms with E-state index in [1.807, 2.05) is 0 Å². The lowest BCUT2D eigenvalue weighted by molar-refractivity contribution is 0.670. The SMILES string of the molecule is c1ccc(-c2ccc(N(c3cccc4c3-c3ccccc3C4(c3ccccc3)c3ccccc3)c3cccc4c3oc3c(-c5ccccc5)cccc34)cc2)cc1. The molecule has 57 heavy (non-hydrogen) atoms. The average Bonchev–Trinajstić information content (AvgIpc) is 3.83. The zero-order valence-electron chi connectivity index (χ0n) is 31.2.